The number of halogens is 2. The van der Waals surface area contributed by atoms with Crippen molar-refractivity contribution in [3.63, 3.8) is 0 Å². The van der Waals surface area contributed by atoms with Crippen molar-refractivity contribution in [2.75, 3.05) is 6.54 Å². The first-order valence-electron chi connectivity index (χ1n) is 5.38. The summed E-state index contributed by atoms with van der Waals surface area (Å²) in [7, 11) is 0. The first-order chi connectivity index (χ1) is 7.24. The van der Waals surface area contributed by atoms with E-state index < -0.39 is 0 Å². The summed E-state index contributed by atoms with van der Waals surface area (Å²) < 4.78 is 0.957. The van der Waals surface area contributed by atoms with E-state index in [1.807, 2.05) is 12.1 Å². The van der Waals surface area contributed by atoms with Crippen LogP contribution in [-0.4, -0.2) is 6.54 Å². The van der Waals surface area contributed by atoms with Crippen LogP contribution < -0.4 is 5.32 Å². The van der Waals surface area contributed by atoms with E-state index in [0.717, 1.165) is 22.6 Å². The molecule has 0 fully saturated rings. The van der Waals surface area contributed by atoms with Crippen LogP contribution in [0.15, 0.2) is 22.7 Å². The van der Waals surface area contributed by atoms with E-state index in [0.29, 0.717) is 0 Å². The fourth-order valence-corrected chi connectivity index (χ4v) is 1.83. The Bertz CT molecular complexity index is 302. The summed E-state index contributed by atoms with van der Waals surface area (Å²) in [4.78, 5) is 0. The predicted molar refractivity (Wildman–Crippen MR) is 70.4 cm³/mol. The van der Waals surface area contributed by atoms with E-state index in [-0.39, 0.29) is 0 Å². The summed E-state index contributed by atoms with van der Waals surface area (Å²) in [5, 5.41) is 4.19. The molecule has 0 bridgehead atoms. The van der Waals surface area contributed by atoms with E-state index in [4.69, 9.17) is 11.6 Å². The molecule has 0 aromatic heterocycles. The summed E-state index contributed by atoms with van der Waals surface area (Å²) in [5.74, 6) is 0. The number of nitrogens with one attached hydrogen (secondary N) is 1. The van der Waals surface area contributed by atoms with Gasteiger partial charge in [-0.05, 0) is 46.6 Å². The second-order valence-corrected chi connectivity index (χ2v) is 4.89. The molecule has 0 atom stereocenters. The lowest BCUT2D eigenvalue weighted by atomic mass is 10.2. The van der Waals surface area contributed by atoms with Gasteiger partial charge in [0, 0.05) is 11.0 Å². The summed E-state index contributed by atoms with van der Waals surface area (Å²) >= 11 is 9.38. The molecule has 1 nitrogen and oxygen atoms in total. The number of unbranched alkanes of at least 4 members (excludes halogenated alkanes) is 2. The quantitative estimate of drug-likeness (QED) is 0.767. The molecule has 0 spiro atoms. The smallest absolute Gasteiger partial charge is 0.0551 e. The van der Waals surface area contributed by atoms with Crippen LogP contribution in [0.1, 0.15) is 31.7 Å². The Labute approximate surface area is 105 Å². The molecule has 0 aliphatic rings. The molecule has 0 saturated heterocycles. The zero-order chi connectivity index (χ0) is 11.1. The summed E-state index contributed by atoms with van der Waals surface area (Å²) in [6.45, 7) is 4.20. The zero-order valence-electron chi connectivity index (χ0n) is 9.02. The Morgan fingerprint density at radius 3 is 2.80 bits per heavy atom. The number of benzene rings is 1. The molecule has 0 heterocycles. The lowest BCUT2D eigenvalue weighted by Gasteiger charge is -2.05. The molecule has 1 rings (SSSR count). The van der Waals surface area contributed by atoms with Gasteiger partial charge in [0.2, 0.25) is 0 Å². The van der Waals surface area contributed by atoms with Gasteiger partial charge in [0.15, 0.2) is 0 Å². The standard InChI is InChI=1S/C12H17BrClN/c1-2-3-4-7-15-9-10-5-6-11(13)12(14)8-10/h5-6,8,15H,2-4,7,9H2,1H3. The number of hydrogen-bond acceptors (Lipinski definition) is 1. The van der Waals surface area contributed by atoms with Gasteiger partial charge in [0.25, 0.3) is 0 Å². The van der Waals surface area contributed by atoms with Crippen molar-refractivity contribution < 1.29 is 0 Å². The van der Waals surface area contributed by atoms with Crippen LogP contribution in [0.5, 0.6) is 0 Å². The van der Waals surface area contributed by atoms with Crippen LogP contribution in [0, 0.1) is 0 Å². The second-order valence-electron chi connectivity index (χ2n) is 3.63. The zero-order valence-corrected chi connectivity index (χ0v) is 11.4. The van der Waals surface area contributed by atoms with Crippen LogP contribution in [-0.2, 0) is 6.54 Å². The summed E-state index contributed by atoms with van der Waals surface area (Å²) in [6, 6.07) is 6.08. The fourth-order valence-electron chi connectivity index (χ4n) is 1.38. The minimum atomic E-state index is 0.780. The normalized spacial score (nSPS) is 10.6. The molecule has 0 radical (unpaired) electrons. The Kier molecular flexibility index (Phi) is 6.30. The molecule has 1 aromatic rings. The van der Waals surface area contributed by atoms with Crippen molar-refractivity contribution in [2.45, 2.75) is 32.7 Å². The molecule has 0 unspecified atom stereocenters. The minimum Gasteiger partial charge on any atom is -0.313 e. The monoisotopic (exact) mass is 289 g/mol. The van der Waals surface area contributed by atoms with Gasteiger partial charge in [0.1, 0.15) is 0 Å². The maximum absolute atomic E-state index is 6.00. The van der Waals surface area contributed by atoms with Gasteiger partial charge in [-0.2, -0.15) is 0 Å². The van der Waals surface area contributed by atoms with E-state index >= 15 is 0 Å². The van der Waals surface area contributed by atoms with E-state index in [1.165, 1.54) is 24.8 Å². The van der Waals surface area contributed by atoms with Gasteiger partial charge in [-0.25, -0.2) is 0 Å². The fraction of sp³-hybridized carbons (Fsp3) is 0.500. The molecule has 0 aliphatic carbocycles. The molecule has 1 aromatic carbocycles. The molecular formula is C12H17BrClN. The van der Waals surface area contributed by atoms with E-state index in [2.05, 4.69) is 34.2 Å². The maximum Gasteiger partial charge on any atom is 0.0551 e. The van der Waals surface area contributed by atoms with Crippen molar-refractivity contribution in [1.29, 1.82) is 0 Å². The molecule has 0 saturated carbocycles. The van der Waals surface area contributed by atoms with Gasteiger partial charge < -0.3 is 5.32 Å². The van der Waals surface area contributed by atoms with Crippen LogP contribution >= 0.6 is 27.5 Å². The van der Waals surface area contributed by atoms with Crippen LogP contribution in [0.4, 0.5) is 0 Å². The lowest BCUT2D eigenvalue weighted by molar-refractivity contribution is 0.617. The Morgan fingerprint density at radius 1 is 1.33 bits per heavy atom. The minimum absolute atomic E-state index is 0.780. The van der Waals surface area contributed by atoms with Crippen molar-refractivity contribution in [3.05, 3.63) is 33.3 Å². The van der Waals surface area contributed by atoms with Crippen LogP contribution in [0.25, 0.3) is 0 Å². The SMILES string of the molecule is CCCCCNCc1ccc(Br)c(Cl)c1. The molecule has 0 amide bonds. The topological polar surface area (TPSA) is 12.0 Å². The average Bonchev–Trinajstić information content (AvgIpc) is 2.23. The van der Waals surface area contributed by atoms with Crippen LogP contribution in [0.3, 0.4) is 0 Å². The largest absolute Gasteiger partial charge is 0.313 e. The van der Waals surface area contributed by atoms with Crippen LogP contribution in [0.2, 0.25) is 5.02 Å². The molecule has 84 valence electrons. The highest BCUT2D eigenvalue weighted by molar-refractivity contribution is 9.10. The van der Waals surface area contributed by atoms with Crippen molar-refractivity contribution >= 4 is 27.5 Å². The van der Waals surface area contributed by atoms with Gasteiger partial charge in [-0.3, -0.25) is 0 Å². The van der Waals surface area contributed by atoms with Gasteiger partial charge in [-0.15, -0.1) is 0 Å². The van der Waals surface area contributed by atoms with Gasteiger partial charge in [0.05, 0.1) is 5.02 Å². The van der Waals surface area contributed by atoms with Crippen molar-refractivity contribution in [1.82, 2.24) is 5.32 Å². The Balaban J connectivity index is 2.28. The number of hydrogen-bond donors (Lipinski definition) is 1. The third-order valence-electron chi connectivity index (χ3n) is 2.27. The molecule has 15 heavy (non-hydrogen) atoms. The third-order valence-corrected chi connectivity index (χ3v) is 3.50. The van der Waals surface area contributed by atoms with E-state index in [9.17, 15) is 0 Å². The molecule has 1 N–H and O–H groups in total. The Morgan fingerprint density at radius 2 is 2.13 bits per heavy atom. The predicted octanol–water partition coefficient (Wildman–Crippen LogP) is 4.38. The first kappa shape index (κ1) is 13.0. The Hall–Kier alpha value is -0.0500. The highest BCUT2D eigenvalue weighted by Gasteiger charge is 1.98. The lowest BCUT2D eigenvalue weighted by Crippen LogP contribution is -2.14. The highest BCUT2D eigenvalue weighted by atomic mass is 79.9. The highest BCUT2D eigenvalue weighted by Crippen LogP contribution is 2.22. The van der Waals surface area contributed by atoms with E-state index in [1.54, 1.807) is 0 Å². The number of rotatable bonds is 6. The summed E-state index contributed by atoms with van der Waals surface area (Å²) in [6.07, 6.45) is 3.82. The first-order valence-corrected chi connectivity index (χ1v) is 6.55. The molecular weight excluding hydrogens is 273 g/mol. The molecule has 0 aliphatic heterocycles. The van der Waals surface area contributed by atoms with Gasteiger partial charge in [-0.1, -0.05) is 37.4 Å². The maximum atomic E-state index is 6.00. The third kappa shape index (κ3) is 5.01. The van der Waals surface area contributed by atoms with Crippen molar-refractivity contribution in [2.24, 2.45) is 0 Å². The molecule has 3 heteroatoms. The van der Waals surface area contributed by atoms with Crippen molar-refractivity contribution in [3.8, 4) is 0 Å². The second kappa shape index (κ2) is 7.26. The summed E-state index contributed by atoms with van der Waals surface area (Å²) in [5.41, 5.74) is 1.24. The van der Waals surface area contributed by atoms with Gasteiger partial charge >= 0.3 is 0 Å². The average molecular weight is 291 g/mol.